The van der Waals surface area contributed by atoms with E-state index >= 15 is 0 Å². The van der Waals surface area contributed by atoms with Gasteiger partial charge in [0.25, 0.3) is 0 Å². The molecule has 4 rings (SSSR count). The minimum absolute atomic E-state index is 0.0153. The number of carbonyl (C=O) groups excluding carboxylic acids is 3. The van der Waals surface area contributed by atoms with Crippen LogP contribution >= 0.6 is 0 Å². The number of oxazole rings is 1. The molecule has 0 aliphatic carbocycles. The molecule has 0 fully saturated rings. The van der Waals surface area contributed by atoms with Gasteiger partial charge in [-0.05, 0) is 49.9 Å². The summed E-state index contributed by atoms with van der Waals surface area (Å²) in [6.45, 7) is 19.9. The molecule has 5 atom stereocenters. The van der Waals surface area contributed by atoms with Gasteiger partial charge in [-0.15, -0.1) is 0 Å². The van der Waals surface area contributed by atoms with Gasteiger partial charge in [0.2, 0.25) is 5.89 Å². The van der Waals surface area contributed by atoms with Gasteiger partial charge in [0, 0.05) is 17.5 Å². The second kappa shape index (κ2) is 20.6. The molecule has 4 aromatic rings. The number of hydrogen-bond acceptors (Lipinski definition) is 9. The van der Waals surface area contributed by atoms with Crippen molar-refractivity contribution in [2.45, 2.75) is 136 Å². The number of benzene rings is 3. The third-order valence-electron chi connectivity index (χ3n) is 10.4. The molecule has 3 aromatic carbocycles. The summed E-state index contributed by atoms with van der Waals surface area (Å²) in [7, 11) is -2.42. The van der Waals surface area contributed by atoms with Crippen LogP contribution in [-0.2, 0) is 34.8 Å². The maximum Gasteiger partial charge on any atom is 0.408 e. The van der Waals surface area contributed by atoms with Crippen LogP contribution in [0.1, 0.15) is 98.4 Å². The van der Waals surface area contributed by atoms with Crippen LogP contribution in [0.2, 0.25) is 18.1 Å². The van der Waals surface area contributed by atoms with E-state index in [1.54, 1.807) is 13.8 Å². The summed E-state index contributed by atoms with van der Waals surface area (Å²) in [5, 5.41) is 2.56. The maximum absolute atomic E-state index is 14.4. The van der Waals surface area contributed by atoms with Gasteiger partial charge >= 0.3 is 18.0 Å². The minimum atomic E-state index is -2.42. The third-order valence-corrected chi connectivity index (χ3v) is 15.0. The van der Waals surface area contributed by atoms with E-state index in [-0.39, 0.29) is 24.0 Å². The Morgan fingerprint density at radius 1 is 0.807 bits per heavy atom. The summed E-state index contributed by atoms with van der Waals surface area (Å²) >= 11 is 0. The van der Waals surface area contributed by atoms with Crippen LogP contribution in [0.4, 0.5) is 4.79 Å². The molecular weight excluding hydrogens is 737 g/mol. The number of unbranched alkanes of at least 4 members (excludes halogenated alkanes) is 1. The molecule has 0 radical (unpaired) electrons. The SMILES string of the molecule is CCCC[C@@H](c1nc(-c2ccccc2)c(-c2ccccc2)o1)[C@@H](OC(=O)CC(C)C)[C@H](C)OC(=O)[C@@H](NC(=O)OCc1ccccc1)[C@@H](C)O[Si](C)(C)C(C)(C)C. The van der Waals surface area contributed by atoms with Gasteiger partial charge in [0.15, 0.2) is 20.1 Å². The lowest BCUT2D eigenvalue weighted by Crippen LogP contribution is -2.55. The van der Waals surface area contributed by atoms with Gasteiger partial charge in [-0.2, -0.15) is 0 Å². The smallest absolute Gasteiger partial charge is 0.408 e. The Morgan fingerprint density at radius 2 is 1.39 bits per heavy atom. The number of nitrogens with zero attached hydrogens (tertiary/aromatic N) is 1. The zero-order valence-electron chi connectivity index (χ0n) is 35.4. The molecule has 0 spiro atoms. The molecule has 0 aliphatic rings. The van der Waals surface area contributed by atoms with E-state index in [1.807, 2.05) is 105 Å². The standard InChI is InChI=1S/C46H62N2O8Si/c1-11-12-28-37(43-47-40(35-24-18-14-19-25-35)42(55-43)36-26-20-15-21-27-36)41(54-38(49)29-31(2)3)33(5)53-44(50)39(32(4)56-57(9,10)46(6,7)8)48-45(51)52-30-34-22-16-13-17-23-34/h13-27,31-33,37,39,41H,11-12,28-30H2,1-10H3,(H,48,51)/t32-,33+,37-,39+,41+/m1/s1. The second-order valence-corrected chi connectivity index (χ2v) is 21.4. The van der Waals surface area contributed by atoms with Crippen molar-refractivity contribution in [2.75, 3.05) is 0 Å². The van der Waals surface area contributed by atoms with E-state index in [4.69, 9.17) is 28.0 Å². The molecule has 0 saturated heterocycles. The summed E-state index contributed by atoms with van der Waals surface area (Å²) < 4.78 is 31.3. The average molecular weight is 799 g/mol. The van der Waals surface area contributed by atoms with Gasteiger partial charge in [0.05, 0.1) is 12.0 Å². The molecule has 0 unspecified atom stereocenters. The van der Waals surface area contributed by atoms with E-state index in [2.05, 4.69) is 46.1 Å². The van der Waals surface area contributed by atoms with Crippen LogP contribution in [0.15, 0.2) is 95.4 Å². The van der Waals surface area contributed by atoms with Gasteiger partial charge in [-0.3, -0.25) is 4.79 Å². The highest BCUT2D eigenvalue weighted by atomic mass is 28.4. The summed E-state index contributed by atoms with van der Waals surface area (Å²) in [4.78, 5) is 46.2. The molecule has 11 heteroatoms. The number of nitrogens with one attached hydrogen (secondary N) is 1. The zero-order chi connectivity index (χ0) is 41.8. The summed E-state index contributed by atoms with van der Waals surface area (Å²) in [5.74, 6) is -0.750. The normalized spacial score (nSPS) is 14.6. The predicted molar refractivity (Wildman–Crippen MR) is 226 cm³/mol. The molecule has 1 heterocycles. The molecule has 57 heavy (non-hydrogen) atoms. The van der Waals surface area contributed by atoms with Gasteiger partial charge in [-0.1, -0.05) is 145 Å². The van der Waals surface area contributed by atoms with Crippen LogP contribution in [0.3, 0.4) is 0 Å². The summed E-state index contributed by atoms with van der Waals surface area (Å²) in [6.07, 6.45) is -1.19. The highest BCUT2D eigenvalue weighted by Gasteiger charge is 2.43. The lowest BCUT2D eigenvalue weighted by atomic mass is 9.92. The van der Waals surface area contributed by atoms with Crippen LogP contribution in [0.5, 0.6) is 0 Å². The van der Waals surface area contributed by atoms with Crippen molar-refractivity contribution < 1.29 is 37.4 Å². The number of amides is 1. The Kier molecular flexibility index (Phi) is 16.3. The number of esters is 2. The van der Waals surface area contributed by atoms with Crippen LogP contribution < -0.4 is 5.32 Å². The van der Waals surface area contributed by atoms with E-state index in [0.717, 1.165) is 29.5 Å². The fourth-order valence-electron chi connectivity index (χ4n) is 6.26. The molecule has 0 saturated carbocycles. The number of hydrogen-bond donors (Lipinski definition) is 1. The van der Waals surface area contributed by atoms with Gasteiger partial charge < -0.3 is 28.4 Å². The van der Waals surface area contributed by atoms with Crippen molar-refractivity contribution in [3.8, 4) is 22.6 Å². The molecule has 308 valence electrons. The molecule has 1 aromatic heterocycles. The third kappa shape index (κ3) is 12.9. The van der Waals surface area contributed by atoms with E-state index in [9.17, 15) is 14.4 Å². The monoisotopic (exact) mass is 798 g/mol. The molecule has 1 N–H and O–H groups in total. The van der Waals surface area contributed by atoms with E-state index < -0.39 is 56.6 Å². The Labute approximate surface area is 340 Å². The number of alkyl carbamates (subject to hydrolysis) is 1. The Hall–Kier alpha value is -4.74. The molecule has 1 amide bonds. The predicted octanol–water partition coefficient (Wildman–Crippen LogP) is 10.9. The first-order valence-electron chi connectivity index (χ1n) is 20.2. The fraction of sp³-hybridized carbons (Fsp3) is 0.478. The van der Waals surface area contributed by atoms with E-state index in [0.29, 0.717) is 23.8 Å². The number of carbonyl (C=O) groups is 3. The van der Waals surface area contributed by atoms with Crippen molar-refractivity contribution >= 4 is 26.3 Å². The van der Waals surface area contributed by atoms with Crippen molar-refractivity contribution in [1.82, 2.24) is 10.3 Å². The maximum atomic E-state index is 14.4. The highest BCUT2D eigenvalue weighted by Crippen LogP contribution is 2.40. The van der Waals surface area contributed by atoms with Crippen molar-refractivity contribution in [3.05, 3.63) is 102 Å². The Bertz CT molecular complexity index is 1800. The van der Waals surface area contributed by atoms with Crippen LogP contribution in [0.25, 0.3) is 22.6 Å². The number of aromatic nitrogens is 1. The zero-order valence-corrected chi connectivity index (χ0v) is 36.4. The lowest BCUT2D eigenvalue weighted by Gasteiger charge is -2.40. The minimum Gasteiger partial charge on any atom is -0.458 e. The average Bonchev–Trinajstić information content (AvgIpc) is 3.61. The van der Waals surface area contributed by atoms with Gasteiger partial charge in [-0.25, -0.2) is 14.6 Å². The summed E-state index contributed by atoms with van der Waals surface area (Å²) in [6, 6.07) is 27.6. The largest absolute Gasteiger partial charge is 0.458 e. The van der Waals surface area contributed by atoms with Crippen LogP contribution in [-0.4, -0.2) is 55.7 Å². The summed E-state index contributed by atoms with van der Waals surface area (Å²) in [5.41, 5.74) is 3.18. The molecule has 0 bridgehead atoms. The Balaban J connectivity index is 1.72. The van der Waals surface area contributed by atoms with Crippen molar-refractivity contribution in [1.29, 1.82) is 0 Å². The van der Waals surface area contributed by atoms with Gasteiger partial charge in [0.1, 0.15) is 24.5 Å². The highest BCUT2D eigenvalue weighted by molar-refractivity contribution is 6.74. The van der Waals surface area contributed by atoms with Crippen molar-refractivity contribution in [3.63, 3.8) is 0 Å². The number of rotatable bonds is 19. The molecule has 0 aliphatic heterocycles. The topological polar surface area (TPSA) is 126 Å². The first-order chi connectivity index (χ1) is 27.0. The quantitative estimate of drug-likeness (QED) is 0.0560. The second-order valence-electron chi connectivity index (χ2n) is 16.7. The van der Waals surface area contributed by atoms with Crippen LogP contribution in [0, 0.1) is 5.92 Å². The number of ether oxygens (including phenoxy) is 3. The molecule has 10 nitrogen and oxygen atoms in total. The Morgan fingerprint density at radius 3 is 1.95 bits per heavy atom. The first kappa shape index (κ1) is 45.0. The first-order valence-corrected chi connectivity index (χ1v) is 23.1. The van der Waals surface area contributed by atoms with Crippen molar-refractivity contribution in [2.24, 2.45) is 5.92 Å². The molecular formula is C46H62N2O8Si. The fourth-order valence-corrected chi connectivity index (χ4v) is 7.67. The van der Waals surface area contributed by atoms with E-state index in [1.165, 1.54) is 0 Å². The lowest BCUT2D eigenvalue weighted by molar-refractivity contribution is -0.172.